The van der Waals surface area contributed by atoms with Crippen LogP contribution in [0.25, 0.3) is 10.4 Å². The lowest BCUT2D eigenvalue weighted by Gasteiger charge is -1.90. The molecule has 0 nitrogen and oxygen atoms in total. The van der Waals surface area contributed by atoms with Crippen LogP contribution >= 0.6 is 34.3 Å². The topological polar surface area (TPSA) is 0 Å². The Morgan fingerprint density at radius 3 is 2.73 bits per heavy atom. The minimum Gasteiger partial charge on any atom is -0.150 e. The van der Waals surface area contributed by atoms with Crippen molar-refractivity contribution in [1.29, 1.82) is 0 Å². The number of halogens is 1. The number of rotatable bonds is 1. The molecule has 0 saturated heterocycles. The molecule has 3 heteroatoms. The van der Waals surface area contributed by atoms with Gasteiger partial charge in [0.05, 0.1) is 5.02 Å². The third kappa shape index (κ3) is 1.34. The Bertz CT molecular complexity index is 335. The van der Waals surface area contributed by atoms with E-state index in [0.717, 1.165) is 10.6 Å². The fraction of sp³-hybridized carbons (Fsp3) is 0. The van der Waals surface area contributed by atoms with Gasteiger partial charge in [0.1, 0.15) is 0 Å². The van der Waals surface area contributed by atoms with Crippen LogP contribution in [0.2, 0.25) is 5.02 Å². The summed E-state index contributed by atoms with van der Waals surface area (Å²) in [6.45, 7) is 0. The van der Waals surface area contributed by atoms with Crippen molar-refractivity contribution in [3.63, 3.8) is 0 Å². The second-order valence-electron chi connectivity index (χ2n) is 2.11. The van der Waals surface area contributed by atoms with E-state index in [9.17, 15) is 0 Å². The number of thiophene rings is 2. The molecule has 0 aliphatic rings. The Morgan fingerprint density at radius 2 is 2.18 bits per heavy atom. The molecule has 0 aliphatic carbocycles. The van der Waals surface area contributed by atoms with Gasteiger partial charge in [-0.2, -0.15) is 11.3 Å². The van der Waals surface area contributed by atoms with Crippen molar-refractivity contribution in [1.82, 2.24) is 0 Å². The molecule has 0 saturated carbocycles. The molecule has 0 fully saturated rings. The van der Waals surface area contributed by atoms with E-state index in [1.165, 1.54) is 4.88 Å². The van der Waals surface area contributed by atoms with Gasteiger partial charge in [-0.3, -0.25) is 0 Å². The molecule has 2 rings (SSSR count). The Hall–Kier alpha value is -0.310. The number of hydrogen-bond acceptors (Lipinski definition) is 2. The predicted octanol–water partition coefficient (Wildman–Crippen LogP) is 4.13. The maximum Gasteiger partial charge on any atom is 0.0599 e. The van der Waals surface area contributed by atoms with Crippen LogP contribution in [0.1, 0.15) is 0 Å². The molecule has 0 spiro atoms. The zero-order chi connectivity index (χ0) is 7.68. The zero-order valence-corrected chi connectivity index (χ0v) is 7.97. The van der Waals surface area contributed by atoms with E-state index in [1.54, 1.807) is 22.7 Å². The summed E-state index contributed by atoms with van der Waals surface area (Å²) in [6.07, 6.45) is 0. The highest BCUT2D eigenvalue weighted by Crippen LogP contribution is 2.33. The van der Waals surface area contributed by atoms with Crippen molar-refractivity contribution in [2.45, 2.75) is 0 Å². The van der Waals surface area contributed by atoms with Gasteiger partial charge in [-0.25, -0.2) is 0 Å². The lowest BCUT2D eigenvalue weighted by Crippen LogP contribution is -1.62. The van der Waals surface area contributed by atoms with Gasteiger partial charge in [0, 0.05) is 21.2 Å². The average molecular weight is 201 g/mol. The summed E-state index contributed by atoms with van der Waals surface area (Å²) in [4.78, 5) is 1.25. The fourth-order valence-electron chi connectivity index (χ4n) is 0.889. The molecular formula is C8H5ClS2. The van der Waals surface area contributed by atoms with E-state index in [2.05, 4.69) is 16.8 Å². The maximum absolute atomic E-state index is 5.95. The first-order valence-corrected chi connectivity index (χ1v) is 5.33. The summed E-state index contributed by atoms with van der Waals surface area (Å²) in [6, 6.07) is 4.12. The summed E-state index contributed by atoms with van der Waals surface area (Å²) in [5, 5.41) is 6.95. The molecule has 0 aromatic carbocycles. The van der Waals surface area contributed by atoms with Crippen LogP contribution < -0.4 is 0 Å². The summed E-state index contributed by atoms with van der Waals surface area (Å²) in [5.74, 6) is 0. The Labute approximate surface area is 78.1 Å². The first-order valence-electron chi connectivity index (χ1n) is 3.13. The lowest BCUT2D eigenvalue weighted by atomic mass is 10.3. The Morgan fingerprint density at radius 1 is 1.27 bits per heavy atom. The fourth-order valence-corrected chi connectivity index (χ4v) is 2.86. The van der Waals surface area contributed by atoms with Crippen LogP contribution in [0, 0.1) is 0 Å². The molecule has 0 unspecified atom stereocenters. The summed E-state index contributed by atoms with van der Waals surface area (Å²) < 4.78 is 0. The standard InChI is InChI=1S/C8H5ClS2/c9-7-5-10-4-6(7)8-2-1-3-11-8/h1-5H. The first kappa shape index (κ1) is 7.35. The van der Waals surface area contributed by atoms with Crippen molar-refractivity contribution < 1.29 is 0 Å². The molecule has 0 atom stereocenters. The van der Waals surface area contributed by atoms with E-state index in [0.29, 0.717) is 0 Å². The average Bonchev–Trinajstić information content (AvgIpc) is 2.55. The lowest BCUT2D eigenvalue weighted by molar-refractivity contribution is 1.89. The van der Waals surface area contributed by atoms with Gasteiger partial charge in [-0.05, 0) is 11.4 Å². The van der Waals surface area contributed by atoms with Crippen molar-refractivity contribution in [2.75, 3.05) is 0 Å². The highest BCUT2D eigenvalue weighted by Gasteiger charge is 2.03. The van der Waals surface area contributed by atoms with Crippen molar-refractivity contribution >= 4 is 34.3 Å². The van der Waals surface area contributed by atoms with Crippen molar-refractivity contribution in [2.24, 2.45) is 0 Å². The highest BCUT2D eigenvalue weighted by molar-refractivity contribution is 7.14. The van der Waals surface area contributed by atoms with Gasteiger partial charge in [0.25, 0.3) is 0 Å². The minimum absolute atomic E-state index is 0.859. The monoisotopic (exact) mass is 200 g/mol. The highest BCUT2D eigenvalue weighted by atomic mass is 35.5. The molecule has 0 N–H and O–H groups in total. The SMILES string of the molecule is Clc1cscc1-c1cccs1. The van der Waals surface area contributed by atoms with E-state index in [1.807, 2.05) is 11.4 Å². The van der Waals surface area contributed by atoms with Crippen LogP contribution in [-0.4, -0.2) is 0 Å². The molecule has 56 valence electrons. The second kappa shape index (κ2) is 2.97. The van der Waals surface area contributed by atoms with Crippen LogP contribution in [0.5, 0.6) is 0 Å². The molecule has 0 amide bonds. The van der Waals surface area contributed by atoms with E-state index in [-0.39, 0.29) is 0 Å². The van der Waals surface area contributed by atoms with Gasteiger partial charge >= 0.3 is 0 Å². The van der Waals surface area contributed by atoms with Crippen LogP contribution in [0.3, 0.4) is 0 Å². The molecule has 2 aromatic heterocycles. The third-order valence-corrected chi connectivity index (χ3v) is 3.49. The molecule has 0 aliphatic heterocycles. The van der Waals surface area contributed by atoms with Gasteiger partial charge in [-0.1, -0.05) is 17.7 Å². The Balaban J connectivity index is 2.53. The molecule has 0 radical (unpaired) electrons. The third-order valence-electron chi connectivity index (χ3n) is 1.40. The van der Waals surface area contributed by atoms with Crippen LogP contribution in [0.4, 0.5) is 0 Å². The molecular weight excluding hydrogens is 196 g/mol. The second-order valence-corrected chi connectivity index (χ2v) is 4.21. The predicted molar refractivity (Wildman–Crippen MR) is 52.6 cm³/mol. The molecule has 2 heterocycles. The van der Waals surface area contributed by atoms with Crippen molar-refractivity contribution in [3.8, 4) is 10.4 Å². The molecule has 0 bridgehead atoms. The normalized spacial score (nSPS) is 10.3. The summed E-state index contributed by atoms with van der Waals surface area (Å²) in [5.41, 5.74) is 1.16. The first-order chi connectivity index (χ1) is 5.38. The summed E-state index contributed by atoms with van der Waals surface area (Å²) in [7, 11) is 0. The van der Waals surface area contributed by atoms with Gasteiger partial charge in [-0.15, -0.1) is 11.3 Å². The maximum atomic E-state index is 5.95. The van der Waals surface area contributed by atoms with Crippen LogP contribution in [-0.2, 0) is 0 Å². The van der Waals surface area contributed by atoms with E-state index in [4.69, 9.17) is 11.6 Å². The van der Waals surface area contributed by atoms with E-state index < -0.39 is 0 Å². The quantitative estimate of drug-likeness (QED) is 0.650. The van der Waals surface area contributed by atoms with Crippen LogP contribution in [0.15, 0.2) is 28.3 Å². The van der Waals surface area contributed by atoms with Gasteiger partial charge < -0.3 is 0 Å². The zero-order valence-electron chi connectivity index (χ0n) is 5.58. The van der Waals surface area contributed by atoms with Gasteiger partial charge in [0.2, 0.25) is 0 Å². The number of hydrogen-bond donors (Lipinski definition) is 0. The van der Waals surface area contributed by atoms with E-state index >= 15 is 0 Å². The van der Waals surface area contributed by atoms with Crippen molar-refractivity contribution in [3.05, 3.63) is 33.3 Å². The molecule has 11 heavy (non-hydrogen) atoms. The summed E-state index contributed by atoms with van der Waals surface area (Å²) >= 11 is 9.30. The largest absolute Gasteiger partial charge is 0.150 e. The minimum atomic E-state index is 0.859. The van der Waals surface area contributed by atoms with Gasteiger partial charge in [0.15, 0.2) is 0 Å². The molecule has 2 aromatic rings. The Kier molecular flexibility index (Phi) is 1.98. The smallest absolute Gasteiger partial charge is 0.0599 e.